The minimum absolute atomic E-state index is 0.0375. The number of β-amino-alcohol motifs (C(OH)–C–C–N with tert-alkyl or cyclic N) is 1. The van der Waals surface area contributed by atoms with E-state index in [1.54, 1.807) is 29.2 Å². The van der Waals surface area contributed by atoms with Crippen LogP contribution in [-0.4, -0.2) is 82.3 Å². The maximum Gasteiger partial charge on any atom is 0.261 e. The van der Waals surface area contributed by atoms with Gasteiger partial charge in [0, 0.05) is 25.4 Å². The van der Waals surface area contributed by atoms with E-state index in [-0.39, 0.29) is 48.4 Å². The molecule has 2 aliphatic heterocycles. The first-order chi connectivity index (χ1) is 21.7. The molecule has 2 heterocycles. The number of carbonyl (C=O) groups is 5. The molecule has 3 unspecified atom stereocenters. The first-order valence-electron chi connectivity index (χ1n) is 15.7. The number of carbonyl (C=O) groups excluding carboxylic acids is 5. The molecule has 3 aromatic carbocycles. The molecule has 0 bridgehead atoms. The molecule has 236 valence electrons. The van der Waals surface area contributed by atoms with Crippen LogP contribution in [0.2, 0.25) is 0 Å². The van der Waals surface area contributed by atoms with Gasteiger partial charge >= 0.3 is 0 Å². The van der Waals surface area contributed by atoms with Crippen LogP contribution in [0.5, 0.6) is 0 Å². The Bertz CT molecular complexity index is 1570. The molecule has 0 saturated carbocycles. The second kappa shape index (κ2) is 14.0. The molecule has 5 rings (SSSR count). The molecule has 3 N–H and O–H groups in total. The highest BCUT2D eigenvalue weighted by atomic mass is 16.3. The van der Waals surface area contributed by atoms with E-state index in [1.807, 2.05) is 56.3 Å². The van der Waals surface area contributed by atoms with Crippen LogP contribution in [0.15, 0.2) is 66.7 Å². The van der Waals surface area contributed by atoms with Crippen LogP contribution in [0.25, 0.3) is 10.8 Å². The summed E-state index contributed by atoms with van der Waals surface area (Å²) in [5.41, 5.74) is 1.39. The van der Waals surface area contributed by atoms with Crippen molar-refractivity contribution in [2.24, 2.45) is 5.92 Å². The maximum atomic E-state index is 13.6. The summed E-state index contributed by atoms with van der Waals surface area (Å²) >= 11 is 0. The lowest BCUT2D eigenvalue weighted by molar-refractivity contribution is -0.142. The third-order valence-electron chi connectivity index (χ3n) is 8.84. The van der Waals surface area contributed by atoms with Gasteiger partial charge in [-0.2, -0.15) is 0 Å². The number of hydrogen-bond acceptors (Lipinski definition) is 6. The zero-order valence-corrected chi connectivity index (χ0v) is 25.7. The molecular formula is C35H40N4O6. The smallest absolute Gasteiger partial charge is 0.261 e. The third-order valence-corrected chi connectivity index (χ3v) is 8.84. The topological polar surface area (TPSA) is 136 Å². The summed E-state index contributed by atoms with van der Waals surface area (Å²) < 4.78 is 0. The van der Waals surface area contributed by atoms with Crippen molar-refractivity contribution in [1.82, 2.24) is 20.4 Å². The first-order valence-corrected chi connectivity index (χ1v) is 15.7. The fourth-order valence-corrected chi connectivity index (χ4v) is 6.28. The normalized spacial score (nSPS) is 17.5. The Morgan fingerprint density at radius 3 is 2.22 bits per heavy atom. The molecule has 0 spiro atoms. The fourth-order valence-electron chi connectivity index (χ4n) is 6.28. The van der Waals surface area contributed by atoms with Crippen molar-refractivity contribution >= 4 is 40.3 Å². The van der Waals surface area contributed by atoms with Crippen LogP contribution in [0.4, 0.5) is 0 Å². The molecule has 1 fully saturated rings. The monoisotopic (exact) mass is 612 g/mol. The molecule has 2 aliphatic rings. The second-order valence-electron chi connectivity index (χ2n) is 11.8. The van der Waals surface area contributed by atoms with E-state index in [2.05, 4.69) is 10.6 Å². The number of benzene rings is 3. The number of aliphatic hydroxyl groups is 1. The van der Waals surface area contributed by atoms with E-state index >= 15 is 0 Å². The number of nitrogens with one attached hydrogen (secondary N) is 2. The van der Waals surface area contributed by atoms with Gasteiger partial charge in [-0.1, -0.05) is 68.4 Å². The molecule has 10 nitrogen and oxygen atoms in total. The molecular weight excluding hydrogens is 572 g/mol. The Balaban J connectivity index is 1.28. The summed E-state index contributed by atoms with van der Waals surface area (Å²) in [6, 6.07) is 18.5. The molecule has 0 radical (unpaired) electrons. The second-order valence-corrected chi connectivity index (χ2v) is 11.8. The highest BCUT2D eigenvalue weighted by Crippen LogP contribution is 2.24. The number of likely N-dealkylation sites (tertiary alicyclic amines) is 1. The lowest BCUT2D eigenvalue weighted by atomic mass is 10.00. The molecule has 0 aromatic heterocycles. The van der Waals surface area contributed by atoms with Crippen LogP contribution >= 0.6 is 0 Å². The van der Waals surface area contributed by atoms with Crippen LogP contribution < -0.4 is 10.6 Å². The Kier molecular flexibility index (Phi) is 9.93. The van der Waals surface area contributed by atoms with Crippen molar-refractivity contribution in [2.75, 3.05) is 19.6 Å². The summed E-state index contributed by atoms with van der Waals surface area (Å²) in [6.45, 7) is 3.90. The zero-order chi connectivity index (χ0) is 32.1. The predicted octanol–water partition coefficient (Wildman–Crippen LogP) is 3.07. The van der Waals surface area contributed by atoms with Gasteiger partial charge < -0.3 is 20.6 Å². The van der Waals surface area contributed by atoms with Crippen molar-refractivity contribution in [2.45, 2.75) is 64.1 Å². The van der Waals surface area contributed by atoms with E-state index < -0.39 is 35.9 Å². The average molecular weight is 613 g/mol. The summed E-state index contributed by atoms with van der Waals surface area (Å²) in [5.74, 6) is -2.09. The molecule has 5 amide bonds. The Labute approximate surface area is 262 Å². The minimum atomic E-state index is -1.23. The van der Waals surface area contributed by atoms with Gasteiger partial charge in [0.25, 0.3) is 11.8 Å². The van der Waals surface area contributed by atoms with E-state index in [1.165, 1.54) is 0 Å². The van der Waals surface area contributed by atoms with Crippen molar-refractivity contribution in [3.05, 3.63) is 83.4 Å². The summed E-state index contributed by atoms with van der Waals surface area (Å²) in [7, 11) is 0. The fraction of sp³-hybridized carbons (Fsp3) is 0.400. The van der Waals surface area contributed by atoms with E-state index in [9.17, 15) is 29.1 Å². The van der Waals surface area contributed by atoms with Gasteiger partial charge in [-0.05, 0) is 54.2 Å². The van der Waals surface area contributed by atoms with Crippen LogP contribution in [0, 0.1) is 5.92 Å². The molecule has 45 heavy (non-hydrogen) atoms. The van der Waals surface area contributed by atoms with Gasteiger partial charge in [-0.3, -0.25) is 28.9 Å². The Hall–Kier alpha value is -4.57. The predicted molar refractivity (Wildman–Crippen MR) is 169 cm³/mol. The van der Waals surface area contributed by atoms with Gasteiger partial charge in [0.1, 0.15) is 12.1 Å². The number of fused-ring (bicyclic) bond motifs is 2. The molecule has 0 aliphatic carbocycles. The van der Waals surface area contributed by atoms with Crippen LogP contribution in [0.3, 0.4) is 0 Å². The molecule has 1 saturated heterocycles. The zero-order valence-electron chi connectivity index (χ0n) is 25.7. The highest BCUT2D eigenvalue weighted by Gasteiger charge is 2.38. The number of rotatable bonds is 12. The molecule has 3 atom stereocenters. The lowest BCUT2D eigenvalue weighted by Crippen LogP contribution is -2.55. The number of nitrogens with zero attached hydrogens (tertiary/aromatic N) is 2. The Morgan fingerprint density at radius 1 is 0.911 bits per heavy atom. The largest absolute Gasteiger partial charge is 0.389 e. The standard InChI is InChI=1S/C35H40N4O6/c1-3-23(4-2)33(43)38-17-9-14-30(38)32(42)37-29(19-22-15-16-24-10-5-6-11-25(24)18-22)31(41)36-20-26(40)21-39-34(44)27-12-7-8-13-28(27)35(39)45/h5-8,10-13,15-16,18,23,26,29-30,40H,3-4,9,14,17,19-21H2,1-2H3,(H,36,41)(H,37,42). The van der Waals surface area contributed by atoms with E-state index in [0.717, 1.165) is 21.2 Å². The van der Waals surface area contributed by atoms with Crippen molar-refractivity contribution in [3.63, 3.8) is 0 Å². The summed E-state index contributed by atoms with van der Waals surface area (Å²) in [5, 5.41) is 18.4. The van der Waals surface area contributed by atoms with Gasteiger partial charge in [-0.25, -0.2) is 0 Å². The van der Waals surface area contributed by atoms with Crippen LogP contribution in [-0.2, 0) is 20.8 Å². The molecule has 10 heteroatoms. The van der Waals surface area contributed by atoms with E-state index in [4.69, 9.17) is 0 Å². The van der Waals surface area contributed by atoms with Crippen LogP contribution in [0.1, 0.15) is 65.8 Å². The average Bonchev–Trinajstić information content (AvgIpc) is 3.64. The lowest BCUT2D eigenvalue weighted by Gasteiger charge is -2.29. The number of amides is 5. The Morgan fingerprint density at radius 2 is 1.56 bits per heavy atom. The van der Waals surface area contributed by atoms with Gasteiger partial charge in [0.15, 0.2) is 0 Å². The van der Waals surface area contributed by atoms with Gasteiger partial charge in [0.05, 0.1) is 23.8 Å². The van der Waals surface area contributed by atoms with E-state index in [0.29, 0.717) is 32.2 Å². The van der Waals surface area contributed by atoms with Crippen molar-refractivity contribution < 1.29 is 29.1 Å². The quantitative estimate of drug-likeness (QED) is 0.269. The summed E-state index contributed by atoms with van der Waals surface area (Å²) in [6.07, 6.45) is 1.56. The number of aliphatic hydroxyl groups excluding tert-OH is 1. The molecule has 3 aromatic rings. The number of hydrogen-bond donors (Lipinski definition) is 3. The number of imide groups is 1. The SMILES string of the molecule is CCC(CC)C(=O)N1CCCC1C(=O)NC(Cc1ccc2ccccc2c1)C(=O)NCC(O)CN1C(=O)c2ccccc2C1=O. The minimum Gasteiger partial charge on any atom is -0.389 e. The summed E-state index contributed by atoms with van der Waals surface area (Å²) in [4.78, 5) is 68.4. The van der Waals surface area contributed by atoms with Crippen molar-refractivity contribution in [3.8, 4) is 0 Å². The first kappa shape index (κ1) is 31.8. The van der Waals surface area contributed by atoms with Gasteiger partial charge in [-0.15, -0.1) is 0 Å². The third kappa shape index (κ3) is 6.91. The van der Waals surface area contributed by atoms with Crippen molar-refractivity contribution in [1.29, 1.82) is 0 Å². The van der Waals surface area contributed by atoms with Gasteiger partial charge in [0.2, 0.25) is 17.7 Å². The highest BCUT2D eigenvalue weighted by molar-refractivity contribution is 6.21. The maximum absolute atomic E-state index is 13.6.